The smallest absolute Gasteiger partial charge is 0.144 e. The van der Waals surface area contributed by atoms with Gasteiger partial charge in [0.2, 0.25) is 0 Å². The molecule has 0 aliphatic carbocycles. The zero-order chi connectivity index (χ0) is 20.7. The Balaban J connectivity index is 1.93. The highest BCUT2D eigenvalue weighted by atomic mass is 16.3. The van der Waals surface area contributed by atoms with E-state index in [-0.39, 0.29) is 5.92 Å². The first kappa shape index (κ1) is 18.1. The molecule has 5 rings (SSSR count). The van der Waals surface area contributed by atoms with E-state index in [1.54, 1.807) is 6.20 Å². The molecular formula is C27H20N2O. The fraction of sp³-hybridized carbons (Fsp3) is 0.111. The average Bonchev–Trinajstić information content (AvgIpc) is 3.17. The number of nitriles is 1. The first-order valence-corrected chi connectivity index (χ1v) is 10.1. The molecule has 0 saturated carbocycles. The van der Waals surface area contributed by atoms with E-state index < -0.39 is 0 Å². The van der Waals surface area contributed by atoms with Gasteiger partial charge in [0.15, 0.2) is 0 Å². The van der Waals surface area contributed by atoms with E-state index >= 15 is 0 Å². The van der Waals surface area contributed by atoms with Gasteiger partial charge in [-0.15, -0.1) is 0 Å². The van der Waals surface area contributed by atoms with E-state index in [0.29, 0.717) is 5.56 Å². The predicted molar refractivity (Wildman–Crippen MR) is 121 cm³/mol. The molecule has 3 aromatic carbocycles. The fourth-order valence-corrected chi connectivity index (χ4v) is 4.24. The van der Waals surface area contributed by atoms with E-state index in [2.05, 4.69) is 43.1 Å². The Morgan fingerprint density at radius 1 is 0.867 bits per heavy atom. The van der Waals surface area contributed by atoms with Crippen molar-refractivity contribution in [2.45, 2.75) is 19.8 Å². The molecule has 0 unspecified atom stereocenters. The maximum atomic E-state index is 10.00. The minimum Gasteiger partial charge on any atom is -0.455 e. The van der Waals surface area contributed by atoms with E-state index in [1.165, 1.54) is 0 Å². The predicted octanol–water partition coefficient (Wildman–Crippen LogP) is 7.31. The molecule has 0 aliphatic rings. The highest BCUT2D eigenvalue weighted by Gasteiger charge is 2.23. The van der Waals surface area contributed by atoms with Crippen molar-refractivity contribution in [1.29, 1.82) is 5.26 Å². The molecule has 3 nitrogen and oxygen atoms in total. The standard InChI is InChI=1S/C27H20N2O/c1-17(2)24-25(18-9-4-3-5-10-18)19(16-28)15-22-20-11-8-12-21(26(20)30-27(22)24)23-13-6-7-14-29-23/h3-15,17H,1-2H3. The third-order valence-electron chi connectivity index (χ3n) is 5.53. The van der Waals surface area contributed by atoms with Gasteiger partial charge in [-0.3, -0.25) is 4.98 Å². The lowest BCUT2D eigenvalue weighted by Crippen LogP contribution is -1.97. The molecule has 30 heavy (non-hydrogen) atoms. The molecule has 2 heterocycles. The molecule has 0 bridgehead atoms. The zero-order valence-corrected chi connectivity index (χ0v) is 16.9. The van der Waals surface area contributed by atoms with Gasteiger partial charge in [-0.1, -0.05) is 62.4 Å². The Morgan fingerprint density at radius 2 is 1.67 bits per heavy atom. The van der Waals surface area contributed by atoms with E-state index in [0.717, 1.165) is 49.9 Å². The normalized spacial score (nSPS) is 11.3. The van der Waals surface area contributed by atoms with Crippen LogP contribution in [0.5, 0.6) is 0 Å². The second-order valence-electron chi connectivity index (χ2n) is 7.72. The number of hydrogen-bond donors (Lipinski definition) is 0. The number of fused-ring (bicyclic) bond motifs is 3. The van der Waals surface area contributed by atoms with E-state index in [9.17, 15) is 5.26 Å². The van der Waals surface area contributed by atoms with Crippen molar-refractivity contribution in [3.05, 3.63) is 90.1 Å². The summed E-state index contributed by atoms with van der Waals surface area (Å²) in [6.07, 6.45) is 1.79. The largest absolute Gasteiger partial charge is 0.455 e. The van der Waals surface area contributed by atoms with Gasteiger partial charge in [0.05, 0.1) is 17.3 Å². The van der Waals surface area contributed by atoms with Gasteiger partial charge in [-0.25, -0.2) is 0 Å². The van der Waals surface area contributed by atoms with Crippen LogP contribution >= 0.6 is 0 Å². The molecular weight excluding hydrogens is 368 g/mol. The summed E-state index contributed by atoms with van der Waals surface area (Å²) in [6.45, 7) is 4.30. The number of hydrogen-bond acceptors (Lipinski definition) is 3. The fourth-order valence-electron chi connectivity index (χ4n) is 4.24. The molecule has 0 atom stereocenters. The molecule has 0 saturated heterocycles. The summed E-state index contributed by atoms with van der Waals surface area (Å²) in [5, 5.41) is 12.0. The van der Waals surface area contributed by atoms with Crippen molar-refractivity contribution < 1.29 is 4.42 Å². The Kier molecular flexibility index (Phi) is 4.34. The maximum Gasteiger partial charge on any atom is 0.144 e. The van der Waals surface area contributed by atoms with Gasteiger partial charge in [-0.05, 0) is 35.7 Å². The van der Waals surface area contributed by atoms with Gasteiger partial charge in [0.25, 0.3) is 0 Å². The second-order valence-corrected chi connectivity index (χ2v) is 7.72. The molecule has 144 valence electrons. The van der Waals surface area contributed by atoms with Crippen LogP contribution in [0, 0.1) is 11.3 Å². The zero-order valence-electron chi connectivity index (χ0n) is 16.9. The molecule has 0 radical (unpaired) electrons. The summed E-state index contributed by atoms with van der Waals surface area (Å²) in [5.74, 6) is 0.190. The highest BCUT2D eigenvalue weighted by molar-refractivity contribution is 6.12. The number of benzene rings is 3. The number of rotatable bonds is 3. The molecule has 2 aromatic heterocycles. The van der Waals surface area contributed by atoms with Crippen LogP contribution in [0.1, 0.15) is 30.9 Å². The van der Waals surface area contributed by atoms with Crippen molar-refractivity contribution in [3.8, 4) is 28.5 Å². The first-order chi connectivity index (χ1) is 14.7. The number of furan rings is 1. The van der Waals surface area contributed by atoms with Crippen molar-refractivity contribution in [3.63, 3.8) is 0 Å². The minimum absolute atomic E-state index is 0.190. The number of aromatic nitrogens is 1. The average molecular weight is 388 g/mol. The van der Waals surface area contributed by atoms with Gasteiger partial charge >= 0.3 is 0 Å². The summed E-state index contributed by atoms with van der Waals surface area (Å²) < 4.78 is 6.54. The summed E-state index contributed by atoms with van der Waals surface area (Å²) in [7, 11) is 0. The monoisotopic (exact) mass is 388 g/mol. The molecule has 0 N–H and O–H groups in total. The van der Waals surface area contributed by atoms with Gasteiger partial charge < -0.3 is 4.42 Å². The van der Waals surface area contributed by atoms with Crippen LogP contribution in [0.2, 0.25) is 0 Å². The van der Waals surface area contributed by atoms with Gasteiger partial charge in [-0.2, -0.15) is 5.26 Å². The summed E-state index contributed by atoms with van der Waals surface area (Å²) in [6, 6.07) is 26.5. The first-order valence-electron chi connectivity index (χ1n) is 10.1. The molecule has 5 aromatic rings. The van der Waals surface area contributed by atoms with Gasteiger partial charge in [0, 0.05) is 33.7 Å². The number of para-hydroxylation sites is 1. The highest BCUT2D eigenvalue weighted by Crippen LogP contribution is 2.43. The summed E-state index contributed by atoms with van der Waals surface area (Å²) in [4.78, 5) is 4.51. The van der Waals surface area contributed by atoms with Crippen LogP contribution in [0.25, 0.3) is 44.3 Å². The summed E-state index contributed by atoms with van der Waals surface area (Å²) in [5.41, 5.74) is 7.21. The van der Waals surface area contributed by atoms with E-state index in [1.807, 2.05) is 54.6 Å². The Morgan fingerprint density at radius 3 is 2.37 bits per heavy atom. The van der Waals surface area contributed by atoms with Crippen molar-refractivity contribution in [2.24, 2.45) is 0 Å². The van der Waals surface area contributed by atoms with Crippen molar-refractivity contribution in [1.82, 2.24) is 4.98 Å². The Bertz CT molecular complexity index is 1410. The topological polar surface area (TPSA) is 49.8 Å². The molecule has 0 spiro atoms. The van der Waals surface area contributed by atoms with Crippen LogP contribution in [-0.2, 0) is 0 Å². The van der Waals surface area contributed by atoms with Crippen LogP contribution in [0.3, 0.4) is 0 Å². The lowest BCUT2D eigenvalue weighted by Gasteiger charge is -2.15. The lowest BCUT2D eigenvalue weighted by atomic mass is 9.87. The second kappa shape index (κ2) is 7.17. The van der Waals surface area contributed by atoms with Crippen LogP contribution < -0.4 is 0 Å². The molecule has 3 heteroatoms. The minimum atomic E-state index is 0.190. The molecule has 0 amide bonds. The molecule has 0 fully saturated rings. The van der Waals surface area contributed by atoms with Gasteiger partial charge in [0.1, 0.15) is 11.2 Å². The van der Waals surface area contributed by atoms with Crippen molar-refractivity contribution >= 4 is 21.9 Å². The SMILES string of the molecule is CC(C)c1c(-c2ccccc2)c(C#N)cc2c1oc1c(-c3ccccn3)cccc12. The lowest BCUT2D eigenvalue weighted by molar-refractivity contribution is 0.658. The third kappa shape index (κ3) is 2.77. The quantitative estimate of drug-likeness (QED) is 0.325. The maximum absolute atomic E-state index is 10.00. The van der Waals surface area contributed by atoms with E-state index in [4.69, 9.17) is 4.42 Å². The third-order valence-corrected chi connectivity index (χ3v) is 5.53. The van der Waals surface area contributed by atoms with Crippen LogP contribution in [0.15, 0.2) is 83.4 Å². The number of pyridine rings is 1. The summed E-state index contributed by atoms with van der Waals surface area (Å²) >= 11 is 0. The number of nitrogens with zero attached hydrogens (tertiary/aromatic N) is 2. The molecule has 0 aliphatic heterocycles. The van der Waals surface area contributed by atoms with Crippen LogP contribution in [0.4, 0.5) is 0 Å². The van der Waals surface area contributed by atoms with Crippen molar-refractivity contribution in [2.75, 3.05) is 0 Å². The Labute approximate surface area is 175 Å². The van der Waals surface area contributed by atoms with Crippen LogP contribution in [-0.4, -0.2) is 4.98 Å². The Hall–Kier alpha value is -3.90.